The van der Waals surface area contributed by atoms with Gasteiger partial charge in [-0.3, -0.25) is 24.4 Å². The molecule has 4 heterocycles. The van der Waals surface area contributed by atoms with Crippen LogP contribution in [0.1, 0.15) is 115 Å². The molecule has 23 unspecified atom stereocenters. The maximum Gasteiger partial charge on any atom is 0.407 e. The van der Waals surface area contributed by atoms with Crippen molar-refractivity contribution >= 4 is 36.1 Å². The lowest BCUT2D eigenvalue weighted by Gasteiger charge is -2.56. The summed E-state index contributed by atoms with van der Waals surface area (Å²) in [6.07, 6.45) is -4.13. The number of aliphatic hydroxyl groups excluding tert-OH is 3. The molecular weight excluding hydrogens is 1050 g/mol. The quantitative estimate of drug-likeness (QED) is 0.0453. The number of ketones is 1. The van der Waals surface area contributed by atoms with Gasteiger partial charge in [0.1, 0.15) is 23.7 Å². The van der Waals surface area contributed by atoms with Gasteiger partial charge in [0.25, 0.3) is 0 Å². The number of alkyl carbamates (subject to hydrolysis) is 1. The Balaban J connectivity index is 1.17. The zero-order valence-corrected chi connectivity index (χ0v) is 47.4. The molecule has 5 fully saturated rings. The van der Waals surface area contributed by atoms with Gasteiger partial charge in [0.2, 0.25) is 5.78 Å². The number of fused-ring (bicyclic) bond motifs is 4. The van der Waals surface area contributed by atoms with Crippen molar-refractivity contribution in [3.63, 3.8) is 0 Å². The monoisotopic (exact) mass is 1130 g/mol. The number of carbonyl (C=O) groups is 6. The molecule has 23 nitrogen and oxygen atoms in total. The van der Waals surface area contributed by atoms with Crippen molar-refractivity contribution in [3.05, 3.63) is 63.6 Å². The number of ether oxygens (including phenoxy) is 10. The Labute approximate surface area is 465 Å². The summed E-state index contributed by atoms with van der Waals surface area (Å²) in [5, 5.41) is 61.8. The summed E-state index contributed by atoms with van der Waals surface area (Å²) in [6, 6.07) is -1.06. The maximum atomic E-state index is 15.5. The van der Waals surface area contributed by atoms with Gasteiger partial charge in [0.15, 0.2) is 36.7 Å². The number of nitrogens with one attached hydrogen (secondary N) is 1. The maximum absolute atomic E-state index is 15.5. The van der Waals surface area contributed by atoms with Gasteiger partial charge in [-0.25, -0.2) is 9.59 Å². The molecule has 4 aliphatic carbocycles. The van der Waals surface area contributed by atoms with E-state index in [1.807, 2.05) is 45.9 Å². The highest BCUT2D eigenvalue weighted by molar-refractivity contribution is 6.26. The molecular formula is C57H79N2O21-. The van der Waals surface area contributed by atoms with E-state index in [0.29, 0.717) is 23.9 Å². The van der Waals surface area contributed by atoms with Crippen molar-refractivity contribution in [2.24, 2.45) is 40.9 Å². The van der Waals surface area contributed by atoms with Crippen LogP contribution in [0.4, 0.5) is 4.79 Å². The lowest BCUT2D eigenvalue weighted by Crippen LogP contribution is -2.67. The first-order chi connectivity index (χ1) is 37.6. The Morgan fingerprint density at radius 1 is 0.825 bits per heavy atom. The fourth-order valence-electron chi connectivity index (χ4n) is 14.5. The number of allylic oxidation sites excluding steroid dienone is 3. The van der Waals surface area contributed by atoms with Crippen molar-refractivity contribution < 1.29 is 96.7 Å². The lowest BCUT2D eigenvalue weighted by molar-refractivity contribution is -0.318. The number of aldehydes is 1. The van der Waals surface area contributed by atoms with Gasteiger partial charge in [0.05, 0.1) is 67.3 Å². The molecule has 5 N–H and O–H groups in total. The second kappa shape index (κ2) is 23.7. The van der Waals surface area contributed by atoms with Gasteiger partial charge in [-0.05, 0) is 89.4 Å². The number of methoxy groups -OCH3 is 1. The van der Waals surface area contributed by atoms with E-state index in [2.05, 4.69) is 5.32 Å². The van der Waals surface area contributed by atoms with Gasteiger partial charge in [-0.2, -0.15) is 0 Å². The van der Waals surface area contributed by atoms with Crippen LogP contribution in [0.3, 0.4) is 0 Å². The molecule has 0 aromatic rings. The molecule has 1 spiro atoms. The summed E-state index contributed by atoms with van der Waals surface area (Å²) in [6.45, 7) is 18.4. The van der Waals surface area contributed by atoms with E-state index >= 15 is 4.79 Å². The average Bonchev–Trinajstić information content (AvgIpc) is 3.51. The predicted octanol–water partition coefficient (Wildman–Crippen LogP) is 5.02. The van der Waals surface area contributed by atoms with Gasteiger partial charge >= 0.3 is 24.0 Å². The number of carbonyl (C=O) groups excluding carboxylic acids is 6. The SMILES string of the molecule is COC(=O)NC1C(C)OC(OC2CC=C(C)C3C=CC4C(OC5CC(OC6CC(O)C(OC(C)=O)C(C)O6)C(OC(C)=O)C(C)O5)C(C)CC(C)C4C3(C)C(O)=C3C(=O)OC4(CC(C=O)=CC(O)C4C=C2C)C3=O)CC1(C)N([O-])O. The van der Waals surface area contributed by atoms with Crippen molar-refractivity contribution in [2.75, 3.05) is 7.11 Å². The second-order valence-electron chi connectivity index (χ2n) is 23.8. The standard InChI is InChI=1S/C57H79N2O21/c1-25-13-16-40(77-44-23-55(10,59(69)70)50(31(7)74-44)58-54(68)71-12)26(2)18-37-38(63)19-34(24-60)22-57(37)52(66)45(53(67)80-57)51(65)56(11)36(25)15-14-35-46(56)27(3)17-28(4)47(35)79-43-21-41(49(30(6)73-43)76-33(9)62)78-42-20-39(64)48(29(5)72-42)75-32(8)61/h13-15,18-19,24,27-31,35-44,46-50,63-65,69H,16-17,20-23H2,1-12H3,(H,58,68)/q-1. The van der Waals surface area contributed by atoms with E-state index in [4.69, 9.17) is 47.4 Å². The summed E-state index contributed by atoms with van der Waals surface area (Å²) >= 11 is 0. The van der Waals surface area contributed by atoms with E-state index in [1.165, 1.54) is 26.8 Å². The summed E-state index contributed by atoms with van der Waals surface area (Å²) in [4.78, 5) is 79.2. The minimum atomic E-state index is -2.19. The second-order valence-corrected chi connectivity index (χ2v) is 23.8. The number of hydrogen-bond donors (Lipinski definition) is 5. The van der Waals surface area contributed by atoms with Crippen LogP contribution in [0.5, 0.6) is 0 Å². The van der Waals surface area contributed by atoms with Crippen LogP contribution >= 0.6 is 0 Å². The van der Waals surface area contributed by atoms with Crippen LogP contribution in [0.15, 0.2) is 58.4 Å². The normalized spacial score (nSPS) is 44.0. The topological polar surface area (TPSA) is 314 Å². The highest BCUT2D eigenvalue weighted by atomic mass is 16.8. The Kier molecular flexibility index (Phi) is 18.2. The first-order valence-corrected chi connectivity index (χ1v) is 27.6. The van der Waals surface area contributed by atoms with Crippen LogP contribution in [-0.4, -0.2) is 166 Å². The van der Waals surface area contributed by atoms with Crippen molar-refractivity contribution in [2.45, 2.75) is 212 Å². The molecule has 0 radical (unpaired) electrons. The van der Waals surface area contributed by atoms with E-state index in [1.54, 1.807) is 33.8 Å². The predicted molar refractivity (Wildman–Crippen MR) is 278 cm³/mol. The van der Waals surface area contributed by atoms with Crippen LogP contribution in [0.25, 0.3) is 0 Å². The average molecular weight is 1130 g/mol. The molecule has 8 rings (SSSR count). The molecule has 0 aromatic heterocycles. The molecule has 444 valence electrons. The van der Waals surface area contributed by atoms with Gasteiger partial charge < -0.3 is 78.4 Å². The number of nitrogens with zero attached hydrogens (tertiary/aromatic N) is 1. The molecule has 23 atom stereocenters. The van der Waals surface area contributed by atoms with Crippen LogP contribution in [-0.2, 0) is 71.3 Å². The third-order valence-corrected chi connectivity index (χ3v) is 18.2. The van der Waals surface area contributed by atoms with Crippen molar-refractivity contribution in [3.8, 4) is 0 Å². The third kappa shape index (κ3) is 11.5. The number of hydrogen-bond acceptors (Lipinski definition) is 22. The van der Waals surface area contributed by atoms with E-state index in [9.17, 15) is 49.7 Å². The molecule has 23 heteroatoms. The summed E-state index contributed by atoms with van der Waals surface area (Å²) in [7, 11) is 1.16. The number of rotatable bonds is 11. The Bertz CT molecular complexity index is 2550. The van der Waals surface area contributed by atoms with Crippen LogP contribution in [0, 0.1) is 46.1 Å². The largest absolute Gasteiger partial charge is 0.762 e. The zero-order valence-electron chi connectivity index (χ0n) is 47.4. The highest BCUT2D eigenvalue weighted by Crippen LogP contribution is 2.61. The number of esters is 3. The van der Waals surface area contributed by atoms with Gasteiger partial charge in [-0.1, -0.05) is 50.6 Å². The molecule has 4 aliphatic heterocycles. The molecule has 4 saturated heterocycles. The van der Waals surface area contributed by atoms with E-state index < -0.39 is 174 Å². The molecule has 0 aromatic carbocycles. The van der Waals surface area contributed by atoms with Crippen LogP contribution in [0.2, 0.25) is 0 Å². The molecule has 80 heavy (non-hydrogen) atoms. The highest BCUT2D eigenvalue weighted by Gasteiger charge is 2.65. The first kappa shape index (κ1) is 61.2. The Hall–Kier alpha value is -4.92. The molecule has 1 saturated carbocycles. The fraction of sp³-hybridized carbons (Fsp3) is 0.719. The first-order valence-electron chi connectivity index (χ1n) is 27.6. The summed E-state index contributed by atoms with van der Waals surface area (Å²) in [5.74, 6) is -7.10. The summed E-state index contributed by atoms with van der Waals surface area (Å²) in [5.41, 5.74) is -4.78. The van der Waals surface area contributed by atoms with Gasteiger partial charge in [-0.15, -0.1) is 0 Å². The van der Waals surface area contributed by atoms with E-state index in [0.717, 1.165) is 7.11 Å². The Morgan fingerprint density at radius 2 is 1.46 bits per heavy atom. The lowest BCUT2D eigenvalue weighted by atomic mass is 9.49. The molecule has 2 bridgehead atoms. The Morgan fingerprint density at radius 3 is 2.09 bits per heavy atom. The smallest absolute Gasteiger partial charge is 0.407 e. The zero-order chi connectivity index (χ0) is 58.7. The van der Waals surface area contributed by atoms with Crippen molar-refractivity contribution in [1.29, 1.82) is 0 Å². The summed E-state index contributed by atoms with van der Waals surface area (Å²) < 4.78 is 61.1. The minimum absolute atomic E-state index is 0.00138. The van der Waals surface area contributed by atoms with Crippen molar-refractivity contribution in [1.82, 2.24) is 10.5 Å². The number of hydroxylamine groups is 2. The minimum Gasteiger partial charge on any atom is -0.762 e. The van der Waals surface area contributed by atoms with Gasteiger partial charge in [0, 0.05) is 56.8 Å². The number of Topliss-reactive ketones (excluding diaryl/α,β-unsaturated/α-hetero) is 1. The van der Waals surface area contributed by atoms with Crippen LogP contribution < -0.4 is 5.32 Å². The number of amides is 1. The van der Waals surface area contributed by atoms with E-state index in [-0.39, 0.29) is 48.3 Å². The molecule has 1 amide bonds. The third-order valence-electron chi connectivity index (χ3n) is 18.2. The molecule has 8 aliphatic rings. The number of aliphatic hydroxyl groups is 3. The fourth-order valence-corrected chi connectivity index (χ4v) is 14.5.